The van der Waals surface area contributed by atoms with Crippen LogP contribution >= 0.6 is 23.6 Å². The Labute approximate surface area is 145 Å². The van der Waals surface area contributed by atoms with E-state index in [9.17, 15) is 0 Å². The lowest BCUT2D eigenvalue weighted by atomic mass is 9.96. The molecule has 5 nitrogen and oxygen atoms in total. The summed E-state index contributed by atoms with van der Waals surface area (Å²) >= 11 is 6.71. The summed E-state index contributed by atoms with van der Waals surface area (Å²) in [7, 11) is 1.80. The first-order valence-electron chi connectivity index (χ1n) is 7.94. The Balaban J connectivity index is 1.64. The van der Waals surface area contributed by atoms with Crippen LogP contribution in [0.15, 0.2) is 24.3 Å². The molecule has 1 aliphatic rings. The fraction of sp³-hybridized carbons (Fsp3) is 0.438. The van der Waals surface area contributed by atoms with Crippen LogP contribution in [0.1, 0.15) is 32.1 Å². The lowest BCUT2D eigenvalue weighted by molar-refractivity contribution is 0.462. The number of thiocarbonyl (C=S) groups is 1. The number of rotatable bonds is 4. The van der Waals surface area contributed by atoms with Crippen LogP contribution in [-0.4, -0.2) is 28.4 Å². The van der Waals surface area contributed by atoms with Crippen LogP contribution in [0.2, 0.25) is 0 Å². The van der Waals surface area contributed by atoms with Gasteiger partial charge in [-0.3, -0.25) is 0 Å². The zero-order valence-electron chi connectivity index (χ0n) is 13.1. The first kappa shape index (κ1) is 16.1. The second-order valence-electron chi connectivity index (χ2n) is 5.67. The van der Waals surface area contributed by atoms with Crippen molar-refractivity contribution in [3.8, 4) is 10.6 Å². The molecular formula is C16H21N5S2. The average molecular weight is 348 g/mol. The summed E-state index contributed by atoms with van der Waals surface area (Å²) in [6.45, 7) is 0. The first-order chi connectivity index (χ1) is 11.2. The van der Waals surface area contributed by atoms with E-state index in [1.807, 2.05) is 24.3 Å². The van der Waals surface area contributed by atoms with Crippen molar-refractivity contribution in [1.29, 1.82) is 0 Å². The predicted octanol–water partition coefficient (Wildman–Crippen LogP) is 3.87. The highest BCUT2D eigenvalue weighted by molar-refractivity contribution is 7.80. The van der Waals surface area contributed by atoms with Gasteiger partial charge in [-0.25, -0.2) is 0 Å². The van der Waals surface area contributed by atoms with Crippen molar-refractivity contribution in [2.24, 2.45) is 0 Å². The molecule has 1 aromatic carbocycles. The molecule has 3 N–H and O–H groups in total. The van der Waals surface area contributed by atoms with Crippen LogP contribution in [-0.2, 0) is 0 Å². The molecule has 1 aliphatic carbocycles. The van der Waals surface area contributed by atoms with Gasteiger partial charge in [-0.05, 0) is 49.3 Å². The number of hydrogen-bond donors (Lipinski definition) is 3. The fourth-order valence-electron chi connectivity index (χ4n) is 2.71. The van der Waals surface area contributed by atoms with Gasteiger partial charge in [0.2, 0.25) is 5.13 Å². The minimum absolute atomic E-state index is 0.554. The molecule has 7 heteroatoms. The van der Waals surface area contributed by atoms with Gasteiger partial charge in [0.25, 0.3) is 0 Å². The normalized spacial score (nSPS) is 15.2. The van der Waals surface area contributed by atoms with Gasteiger partial charge in [0.1, 0.15) is 5.01 Å². The molecule has 1 fully saturated rings. The topological polar surface area (TPSA) is 61.9 Å². The molecule has 0 spiro atoms. The van der Waals surface area contributed by atoms with Crippen molar-refractivity contribution in [3.05, 3.63) is 24.3 Å². The predicted molar refractivity (Wildman–Crippen MR) is 101 cm³/mol. The van der Waals surface area contributed by atoms with E-state index in [4.69, 9.17) is 12.2 Å². The molecule has 2 aromatic rings. The second-order valence-corrected chi connectivity index (χ2v) is 7.06. The molecule has 1 heterocycles. The SMILES string of the molecule is CNC(=S)Nc1ccc(-c2nnc(NC3CCCCC3)s2)cc1. The van der Waals surface area contributed by atoms with Gasteiger partial charge in [0.05, 0.1) is 0 Å². The number of anilines is 2. The van der Waals surface area contributed by atoms with E-state index in [1.54, 1.807) is 18.4 Å². The molecule has 3 rings (SSSR count). The molecule has 0 unspecified atom stereocenters. The van der Waals surface area contributed by atoms with Crippen molar-refractivity contribution in [2.45, 2.75) is 38.1 Å². The monoisotopic (exact) mass is 347 g/mol. The molecule has 23 heavy (non-hydrogen) atoms. The van der Waals surface area contributed by atoms with E-state index in [-0.39, 0.29) is 0 Å². The summed E-state index contributed by atoms with van der Waals surface area (Å²) in [6.07, 6.45) is 6.46. The third-order valence-electron chi connectivity index (χ3n) is 3.97. The Kier molecular flexibility index (Phi) is 5.40. The Morgan fingerprint density at radius 3 is 2.57 bits per heavy atom. The number of nitrogens with one attached hydrogen (secondary N) is 3. The van der Waals surface area contributed by atoms with E-state index in [0.29, 0.717) is 11.2 Å². The second kappa shape index (κ2) is 7.70. The van der Waals surface area contributed by atoms with E-state index in [0.717, 1.165) is 21.4 Å². The van der Waals surface area contributed by atoms with Gasteiger partial charge in [-0.15, -0.1) is 10.2 Å². The molecule has 0 saturated heterocycles. The molecule has 1 aromatic heterocycles. The lowest BCUT2D eigenvalue weighted by Crippen LogP contribution is -2.23. The van der Waals surface area contributed by atoms with Crippen molar-refractivity contribution < 1.29 is 0 Å². The van der Waals surface area contributed by atoms with E-state index < -0.39 is 0 Å². The summed E-state index contributed by atoms with van der Waals surface area (Å²) < 4.78 is 0. The molecule has 0 atom stereocenters. The molecule has 122 valence electrons. The fourth-order valence-corrected chi connectivity index (χ4v) is 3.65. The van der Waals surface area contributed by atoms with Gasteiger partial charge in [0, 0.05) is 24.3 Å². The summed E-state index contributed by atoms with van der Waals surface area (Å²) in [5, 5.41) is 20.6. The number of aromatic nitrogens is 2. The molecular weight excluding hydrogens is 326 g/mol. The van der Waals surface area contributed by atoms with Crippen molar-refractivity contribution in [2.75, 3.05) is 17.7 Å². The molecule has 0 aliphatic heterocycles. The largest absolute Gasteiger partial charge is 0.366 e. The molecule has 0 amide bonds. The van der Waals surface area contributed by atoms with Crippen molar-refractivity contribution in [3.63, 3.8) is 0 Å². The molecule has 0 radical (unpaired) electrons. The average Bonchev–Trinajstić information content (AvgIpc) is 3.05. The third-order valence-corrected chi connectivity index (χ3v) is 5.18. The van der Waals surface area contributed by atoms with Crippen LogP contribution in [0.3, 0.4) is 0 Å². The maximum atomic E-state index is 5.09. The van der Waals surface area contributed by atoms with Gasteiger partial charge in [-0.1, -0.05) is 30.6 Å². The van der Waals surface area contributed by atoms with Crippen LogP contribution in [0.5, 0.6) is 0 Å². The van der Waals surface area contributed by atoms with E-state index in [1.165, 1.54) is 32.1 Å². The van der Waals surface area contributed by atoms with Gasteiger partial charge >= 0.3 is 0 Å². The highest BCUT2D eigenvalue weighted by atomic mass is 32.1. The van der Waals surface area contributed by atoms with Gasteiger partial charge in [0.15, 0.2) is 5.11 Å². The maximum Gasteiger partial charge on any atom is 0.206 e. The van der Waals surface area contributed by atoms with Gasteiger partial charge < -0.3 is 16.0 Å². The lowest BCUT2D eigenvalue weighted by Gasteiger charge is -2.21. The highest BCUT2D eigenvalue weighted by Gasteiger charge is 2.15. The minimum atomic E-state index is 0.554. The van der Waals surface area contributed by atoms with Crippen LogP contribution in [0.25, 0.3) is 10.6 Å². The third kappa shape index (κ3) is 4.39. The van der Waals surface area contributed by atoms with Crippen LogP contribution in [0, 0.1) is 0 Å². The highest BCUT2D eigenvalue weighted by Crippen LogP contribution is 2.29. The first-order valence-corrected chi connectivity index (χ1v) is 9.16. The Hall–Kier alpha value is -1.73. The van der Waals surface area contributed by atoms with Crippen molar-refractivity contribution >= 4 is 39.5 Å². The van der Waals surface area contributed by atoms with E-state index >= 15 is 0 Å². The molecule has 1 saturated carbocycles. The number of benzene rings is 1. The minimum Gasteiger partial charge on any atom is -0.366 e. The summed E-state index contributed by atoms with van der Waals surface area (Å²) in [4.78, 5) is 0. The zero-order valence-corrected chi connectivity index (χ0v) is 14.8. The molecule has 0 bridgehead atoms. The number of nitrogens with zero attached hydrogens (tertiary/aromatic N) is 2. The summed E-state index contributed by atoms with van der Waals surface area (Å²) in [5.74, 6) is 0. The maximum absolute atomic E-state index is 5.09. The summed E-state index contributed by atoms with van der Waals surface area (Å²) in [6, 6.07) is 8.61. The smallest absolute Gasteiger partial charge is 0.206 e. The Morgan fingerprint density at radius 1 is 1.13 bits per heavy atom. The van der Waals surface area contributed by atoms with Crippen LogP contribution in [0.4, 0.5) is 10.8 Å². The van der Waals surface area contributed by atoms with Crippen molar-refractivity contribution in [1.82, 2.24) is 15.5 Å². The quantitative estimate of drug-likeness (QED) is 0.730. The summed E-state index contributed by atoms with van der Waals surface area (Å²) in [5.41, 5.74) is 2.03. The number of hydrogen-bond acceptors (Lipinski definition) is 5. The van der Waals surface area contributed by atoms with E-state index in [2.05, 4.69) is 26.1 Å². The van der Waals surface area contributed by atoms with Crippen LogP contribution < -0.4 is 16.0 Å². The Morgan fingerprint density at radius 2 is 1.87 bits per heavy atom. The van der Waals surface area contributed by atoms with Gasteiger partial charge in [-0.2, -0.15) is 0 Å². The Bertz CT molecular complexity index is 647. The zero-order chi connectivity index (χ0) is 16.1. The standard InChI is InChI=1S/C16H21N5S2/c1-17-15(22)18-13-9-7-11(8-10-13)14-20-21-16(23-14)19-12-5-3-2-4-6-12/h7-10,12H,2-6H2,1H3,(H,19,21)(H2,17,18,22).